The Morgan fingerprint density at radius 2 is 1.57 bits per heavy atom. The third kappa shape index (κ3) is 9.39. The molecule has 2 N–H and O–H groups in total. The van der Waals surface area contributed by atoms with E-state index in [2.05, 4.69) is 10.2 Å². The van der Waals surface area contributed by atoms with Crippen molar-refractivity contribution in [1.29, 1.82) is 0 Å². The Hall–Kier alpha value is -4.27. The molecule has 1 heterocycles. The van der Waals surface area contributed by atoms with Crippen LogP contribution in [0, 0.1) is 5.92 Å². The second kappa shape index (κ2) is 14.6. The van der Waals surface area contributed by atoms with Crippen LogP contribution in [0.5, 0.6) is 0 Å². The molecule has 5 atom stereocenters. The molecule has 3 rings (SSSR count). The van der Waals surface area contributed by atoms with Crippen LogP contribution in [0.4, 0.5) is 5.69 Å². The number of rotatable bonds is 11. The maximum Gasteiger partial charge on any atom is 0.303 e. The van der Waals surface area contributed by atoms with Crippen LogP contribution >= 0.6 is 0 Å². The van der Waals surface area contributed by atoms with Gasteiger partial charge < -0.3 is 18.9 Å². The van der Waals surface area contributed by atoms with E-state index in [-0.39, 0.29) is 11.5 Å². The largest absolute Gasteiger partial charge is 0.463 e. The maximum atomic E-state index is 12.8. The molecule has 1 saturated heterocycles. The Balaban J connectivity index is 1.68. The second-order valence-corrected chi connectivity index (χ2v) is 11.0. The third-order valence-electron chi connectivity index (χ3n) is 5.90. The van der Waals surface area contributed by atoms with Crippen molar-refractivity contribution in [3.05, 3.63) is 66.2 Å². The van der Waals surface area contributed by atoms with Gasteiger partial charge in [0.2, 0.25) is 0 Å². The fourth-order valence-electron chi connectivity index (χ4n) is 4.04. The van der Waals surface area contributed by atoms with Crippen molar-refractivity contribution in [2.45, 2.75) is 57.2 Å². The van der Waals surface area contributed by atoms with E-state index in [9.17, 15) is 27.6 Å². The van der Waals surface area contributed by atoms with Crippen LogP contribution in [0.1, 0.15) is 33.3 Å². The number of benzene rings is 2. The Morgan fingerprint density at radius 3 is 2.21 bits per heavy atom. The highest BCUT2D eigenvalue weighted by Crippen LogP contribution is 2.31. The first-order chi connectivity index (χ1) is 19.9. The van der Waals surface area contributed by atoms with E-state index in [4.69, 9.17) is 23.8 Å². The quantitative estimate of drug-likeness (QED) is 0.167. The Morgan fingerprint density at radius 1 is 0.905 bits per heavy atom. The van der Waals surface area contributed by atoms with Gasteiger partial charge >= 0.3 is 17.9 Å². The lowest BCUT2D eigenvalue weighted by Crippen LogP contribution is -2.59. The minimum Gasteiger partial charge on any atom is -0.463 e. The van der Waals surface area contributed by atoms with Gasteiger partial charge in [0, 0.05) is 32.5 Å². The highest BCUT2D eigenvalue weighted by Gasteiger charge is 2.49. The number of carbonyl (C=O) groups is 4. The number of ether oxygens (including phenoxy) is 4. The summed E-state index contributed by atoms with van der Waals surface area (Å²) in [4.78, 5) is 52.8. The number of esters is 3. The molecule has 42 heavy (non-hydrogen) atoms. The van der Waals surface area contributed by atoms with E-state index in [1.165, 1.54) is 45.0 Å². The highest BCUT2D eigenvalue weighted by atomic mass is 32.2. The predicted octanol–water partition coefficient (Wildman–Crippen LogP) is 2.34. The van der Waals surface area contributed by atoms with E-state index in [0.29, 0.717) is 11.3 Å². The number of hydrogen-bond acceptors (Lipinski definition) is 11. The van der Waals surface area contributed by atoms with Gasteiger partial charge in [0.15, 0.2) is 12.4 Å². The first-order valence-corrected chi connectivity index (χ1v) is 14.3. The Kier molecular flexibility index (Phi) is 11.2. The molecule has 0 saturated carbocycles. The zero-order valence-electron chi connectivity index (χ0n) is 23.3. The topological polar surface area (TPSA) is 173 Å². The summed E-state index contributed by atoms with van der Waals surface area (Å²) in [6, 6.07) is 14.3. The number of sulfonamides is 1. The van der Waals surface area contributed by atoms with Crippen molar-refractivity contribution in [3.63, 3.8) is 0 Å². The highest BCUT2D eigenvalue weighted by molar-refractivity contribution is 7.92. The van der Waals surface area contributed by atoms with Crippen LogP contribution < -0.4 is 10.2 Å². The molecule has 0 bridgehead atoms. The molecule has 1 amide bonds. The summed E-state index contributed by atoms with van der Waals surface area (Å²) in [6.07, 6.45) is -1.94. The molecule has 1 aliphatic heterocycles. The maximum absolute atomic E-state index is 12.8. The normalized spacial score (nSPS) is 22.1. The summed E-state index contributed by atoms with van der Waals surface area (Å²) < 4.78 is 49.5. The zero-order valence-corrected chi connectivity index (χ0v) is 24.2. The van der Waals surface area contributed by atoms with Gasteiger partial charge in [0.05, 0.1) is 10.8 Å². The number of hydroxylamine groups is 1. The number of hydrogen-bond donors (Lipinski definition) is 2. The van der Waals surface area contributed by atoms with Gasteiger partial charge in [-0.3, -0.25) is 23.9 Å². The molecule has 0 radical (unpaired) electrons. The van der Waals surface area contributed by atoms with Crippen LogP contribution in [0.25, 0.3) is 6.08 Å². The van der Waals surface area contributed by atoms with Gasteiger partial charge in [-0.25, -0.2) is 18.7 Å². The predicted molar refractivity (Wildman–Crippen MR) is 148 cm³/mol. The van der Waals surface area contributed by atoms with E-state index in [1.54, 1.807) is 43.3 Å². The molecule has 0 unspecified atom stereocenters. The summed E-state index contributed by atoms with van der Waals surface area (Å²) in [6.45, 7) is 4.77. The molecular formula is C28H32N2O11S. The lowest BCUT2D eigenvalue weighted by molar-refractivity contribution is -0.300. The van der Waals surface area contributed by atoms with Crippen LogP contribution in [-0.4, -0.2) is 63.4 Å². The molecular weight excluding hydrogens is 572 g/mol. The average molecular weight is 605 g/mol. The summed E-state index contributed by atoms with van der Waals surface area (Å²) >= 11 is 0. The number of nitrogens with one attached hydrogen (secondary N) is 2. The minimum atomic E-state index is -3.87. The molecule has 226 valence electrons. The van der Waals surface area contributed by atoms with Gasteiger partial charge in [0.1, 0.15) is 18.8 Å². The number of para-hydroxylation sites is 1. The van der Waals surface area contributed by atoms with Crippen molar-refractivity contribution in [2.75, 3.05) is 11.3 Å². The van der Waals surface area contributed by atoms with Gasteiger partial charge in [-0.2, -0.15) is 0 Å². The number of anilines is 1. The van der Waals surface area contributed by atoms with Crippen LogP contribution in [0.2, 0.25) is 0 Å². The van der Waals surface area contributed by atoms with Crippen molar-refractivity contribution < 1.29 is 51.4 Å². The monoisotopic (exact) mass is 604 g/mol. The third-order valence-corrected chi connectivity index (χ3v) is 7.28. The van der Waals surface area contributed by atoms with E-state index in [0.717, 1.165) is 6.08 Å². The smallest absolute Gasteiger partial charge is 0.303 e. The van der Waals surface area contributed by atoms with E-state index in [1.807, 2.05) is 0 Å². The van der Waals surface area contributed by atoms with Gasteiger partial charge in [0.25, 0.3) is 15.9 Å². The molecule has 2 aromatic rings. The van der Waals surface area contributed by atoms with E-state index >= 15 is 0 Å². The fourth-order valence-corrected chi connectivity index (χ4v) is 5.15. The lowest BCUT2D eigenvalue weighted by Gasteiger charge is -2.43. The Labute approximate surface area is 243 Å². The second-order valence-electron chi connectivity index (χ2n) is 9.31. The van der Waals surface area contributed by atoms with Crippen LogP contribution in [-0.2, 0) is 53.0 Å². The zero-order chi connectivity index (χ0) is 30.9. The molecule has 0 spiro atoms. The van der Waals surface area contributed by atoms with Gasteiger partial charge in [-0.05, 0) is 35.9 Å². The standard InChI is InChI=1S/C28H32N2O11S/c1-17-26(38-19(3)32)27(39-20(4)33)24(16-37-18(2)31)40-28(17)41-29-25(34)14-13-21-9-8-12-23(15-21)42(35,36)30-22-10-6-5-7-11-22/h5-15,17,24,26-28,30H,16H2,1-4H3,(H,29,34)/b14-13+/t17-,24-,26-,27+,28+/m1/s1. The SMILES string of the molecule is CC(=O)OC[C@H]1O[C@@H](ONC(=O)/C=C/c2cccc(S(=O)(=O)Nc3ccccc3)c2)[C@H](C)[C@@H](OC(C)=O)[C@H]1OC(C)=O. The van der Waals surface area contributed by atoms with Crippen LogP contribution in [0.15, 0.2) is 65.6 Å². The molecule has 0 aliphatic carbocycles. The van der Waals surface area contributed by atoms with Gasteiger partial charge in [-0.15, -0.1) is 0 Å². The van der Waals surface area contributed by atoms with Crippen molar-refractivity contribution in [2.24, 2.45) is 5.92 Å². The van der Waals surface area contributed by atoms with Crippen LogP contribution in [0.3, 0.4) is 0 Å². The van der Waals surface area contributed by atoms with Crippen molar-refractivity contribution in [3.8, 4) is 0 Å². The molecule has 13 nitrogen and oxygen atoms in total. The first-order valence-electron chi connectivity index (χ1n) is 12.8. The molecule has 1 aliphatic rings. The van der Waals surface area contributed by atoms with Crippen molar-refractivity contribution in [1.82, 2.24) is 5.48 Å². The lowest BCUT2D eigenvalue weighted by atomic mass is 9.92. The molecule has 14 heteroatoms. The Bertz CT molecular complexity index is 1410. The molecule has 2 aromatic carbocycles. The fraction of sp³-hybridized carbons (Fsp3) is 0.357. The summed E-state index contributed by atoms with van der Waals surface area (Å²) in [5.41, 5.74) is 3.03. The summed E-state index contributed by atoms with van der Waals surface area (Å²) in [5, 5.41) is 0. The van der Waals surface area contributed by atoms with Crippen molar-refractivity contribution >= 4 is 45.6 Å². The molecule has 1 fully saturated rings. The van der Waals surface area contributed by atoms with E-state index < -0.39 is 64.4 Å². The van der Waals surface area contributed by atoms with Gasteiger partial charge in [-0.1, -0.05) is 37.3 Å². The first kappa shape index (κ1) is 32.2. The minimum absolute atomic E-state index is 0.00717. The summed E-state index contributed by atoms with van der Waals surface area (Å²) in [7, 11) is -3.87. The molecule has 0 aromatic heterocycles. The summed E-state index contributed by atoms with van der Waals surface area (Å²) in [5.74, 6) is -3.41. The average Bonchev–Trinajstić information content (AvgIpc) is 2.92. The number of carbonyl (C=O) groups excluding carboxylic acids is 4. The number of amides is 1.